The van der Waals surface area contributed by atoms with Gasteiger partial charge in [-0.05, 0) is 13.3 Å². The zero-order chi connectivity index (χ0) is 15.3. The molecule has 0 amide bonds. The van der Waals surface area contributed by atoms with E-state index in [1.165, 1.54) is 22.3 Å². The minimum atomic E-state index is 0. The van der Waals surface area contributed by atoms with Crippen LogP contribution < -0.4 is 0 Å². The van der Waals surface area contributed by atoms with Crippen LogP contribution in [0.15, 0.2) is 30.9 Å². The Kier molecular flexibility index (Phi) is 20.2. The summed E-state index contributed by atoms with van der Waals surface area (Å²) in [5.74, 6) is 0. The van der Waals surface area contributed by atoms with E-state index in [9.17, 15) is 0 Å². The molecule has 0 heterocycles. The van der Waals surface area contributed by atoms with E-state index in [1.54, 1.807) is 6.08 Å². The number of aryl methyl sites for hydroxylation is 2. The monoisotopic (exact) mass is 452 g/mol. The third-order valence-corrected chi connectivity index (χ3v) is 2.99. The quantitative estimate of drug-likeness (QED) is 0.379. The second-order valence-electron chi connectivity index (χ2n) is 4.57. The van der Waals surface area contributed by atoms with E-state index < -0.39 is 0 Å². The van der Waals surface area contributed by atoms with Crippen LogP contribution in [0.5, 0.6) is 0 Å². The van der Waals surface area contributed by atoms with Crippen molar-refractivity contribution >= 4 is 0 Å². The van der Waals surface area contributed by atoms with Crippen molar-refractivity contribution < 1.29 is 20.1 Å². The molecule has 2 radical (unpaired) electrons. The predicted molar refractivity (Wildman–Crippen MR) is 90.6 cm³/mol. The molecule has 118 valence electrons. The van der Waals surface area contributed by atoms with Crippen LogP contribution >= 0.6 is 0 Å². The molecule has 0 saturated carbocycles. The molecular weight excluding hydrogens is 420 g/mol. The van der Waals surface area contributed by atoms with Crippen molar-refractivity contribution in [2.75, 3.05) is 0 Å². The molecule has 0 unspecified atom stereocenters. The fourth-order valence-electron chi connectivity index (χ4n) is 1.44. The molecule has 1 heteroatoms. The number of unbranched alkanes of at least 4 members (excludes halogenated alkanes) is 1. The van der Waals surface area contributed by atoms with E-state index in [-0.39, 0.29) is 20.1 Å². The fraction of sp³-hybridized carbons (Fsp3) is 0.421. The zero-order valence-electron chi connectivity index (χ0n) is 13.9. The maximum absolute atomic E-state index is 3.60. The Balaban J connectivity index is -0.000000230. The van der Waals surface area contributed by atoms with Crippen LogP contribution in [0.4, 0.5) is 0 Å². The van der Waals surface area contributed by atoms with Gasteiger partial charge in [0.05, 0.1) is 0 Å². The Morgan fingerprint density at radius 1 is 1.30 bits per heavy atom. The van der Waals surface area contributed by atoms with Gasteiger partial charge in [-0.1, -0.05) is 59.3 Å². The van der Waals surface area contributed by atoms with Crippen LogP contribution in [0, 0.1) is 41.5 Å². The van der Waals surface area contributed by atoms with Gasteiger partial charge >= 0.3 is 0 Å². The van der Waals surface area contributed by atoms with Gasteiger partial charge in [-0.25, -0.2) is 0 Å². The summed E-state index contributed by atoms with van der Waals surface area (Å²) in [6, 6.07) is 2.24. The maximum atomic E-state index is 3.60. The third-order valence-electron chi connectivity index (χ3n) is 2.99. The summed E-state index contributed by atoms with van der Waals surface area (Å²) >= 11 is 0. The van der Waals surface area contributed by atoms with Crippen LogP contribution in [0.3, 0.4) is 0 Å². The van der Waals surface area contributed by atoms with Gasteiger partial charge in [-0.3, -0.25) is 0 Å². The number of rotatable bonds is 3. The number of hydrogen-bond donors (Lipinski definition) is 0. The van der Waals surface area contributed by atoms with Crippen molar-refractivity contribution in [1.82, 2.24) is 0 Å². The summed E-state index contributed by atoms with van der Waals surface area (Å²) in [5, 5.41) is 0. The number of allylic oxidation sites excluding steroid dienone is 3. The first-order chi connectivity index (χ1) is 8.95. The van der Waals surface area contributed by atoms with Gasteiger partial charge < -0.3 is 6.92 Å². The van der Waals surface area contributed by atoms with Gasteiger partial charge in [0.2, 0.25) is 0 Å². The topological polar surface area (TPSA) is 0 Å². The van der Waals surface area contributed by atoms with Crippen LogP contribution in [0.1, 0.15) is 48.4 Å². The zero-order valence-corrected chi connectivity index (χ0v) is 16.3. The first kappa shape index (κ1) is 24.5. The van der Waals surface area contributed by atoms with Crippen molar-refractivity contribution in [2.24, 2.45) is 0 Å². The van der Waals surface area contributed by atoms with Gasteiger partial charge in [-0.2, -0.15) is 34.7 Å². The minimum absolute atomic E-state index is 0. The molecule has 0 aromatic heterocycles. The first-order valence-corrected chi connectivity index (χ1v) is 7.00. The van der Waals surface area contributed by atoms with Crippen LogP contribution in [0.2, 0.25) is 0 Å². The van der Waals surface area contributed by atoms with E-state index in [1.807, 2.05) is 12.2 Å². The van der Waals surface area contributed by atoms with E-state index in [0.717, 1.165) is 19.3 Å². The van der Waals surface area contributed by atoms with Crippen molar-refractivity contribution in [3.05, 3.63) is 67.0 Å². The maximum Gasteiger partial charge on any atom is 0 e. The molecule has 20 heavy (non-hydrogen) atoms. The molecule has 1 aromatic rings. The standard InChI is InChI=1S/C9H13.2C5H9.Ir/c1-6-5-7(2)9(4)8(6)3;2*1-3-5-4-2;/h5H,1-4H3;3,5H,1,4H2,2H3;3H,1-2,4-5H2;/q-1;;-1;/b;5-3+;;. The van der Waals surface area contributed by atoms with Gasteiger partial charge in [0.1, 0.15) is 0 Å². The summed E-state index contributed by atoms with van der Waals surface area (Å²) in [6.07, 6.45) is 8.81. The molecular formula is C19H31Ir-2. The molecule has 0 nitrogen and oxygen atoms in total. The average Bonchev–Trinajstić information content (AvgIpc) is 2.60. The Morgan fingerprint density at radius 2 is 1.85 bits per heavy atom. The molecule has 0 bridgehead atoms. The SMILES string of the molecule is C=CCC[CH2-].Cc1c[c-](C)c(C)c1C.[CH2]/C=C/CC.[Ir]. The van der Waals surface area contributed by atoms with Crippen molar-refractivity contribution in [1.29, 1.82) is 0 Å². The first-order valence-electron chi connectivity index (χ1n) is 7.00. The normalized spacial score (nSPS) is 8.95. The summed E-state index contributed by atoms with van der Waals surface area (Å²) in [4.78, 5) is 0. The van der Waals surface area contributed by atoms with E-state index >= 15 is 0 Å². The van der Waals surface area contributed by atoms with Crippen molar-refractivity contribution in [3.63, 3.8) is 0 Å². The van der Waals surface area contributed by atoms with Crippen LogP contribution in [-0.2, 0) is 20.1 Å². The third kappa shape index (κ3) is 12.5. The second-order valence-corrected chi connectivity index (χ2v) is 4.57. The molecule has 0 aliphatic rings. The molecule has 0 atom stereocenters. The smallest absolute Gasteiger partial charge is 0 e. The fourth-order valence-corrected chi connectivity index (χ4v) is 1.44. The summed E-state index contributed by atoms with van der Waals surface area (Å²) in [7, 11) is 0. The molecule has 0 saturated heterocycles. The molecule has 0 spiro atoms. The molecule has 0 N–H and O–H groups in total. The second kappa shape index (κ2) is 16.5. The summed E-state index contributed by atoms with van der Waals surface area (Å²) < 4.78 is 0. The summed E-state index contributed by atoms with van der Waals surface area (Å²) in [6.45, 7) is 21.4. The molecule has 0 aliphatic carbocycles. The van der Waals surface area contributed by atoms with Crippen molar-refractivity contribution in [3.8, 4) is 0 Å². The van der Waals surface area contributed by atoms with E-state index in [2.05, 4.69) is 61.1 Å². The Morgan fingerprint density at radius 3 is 1.90 bits per heavy atom. The molecule has 0 aliphatic heterocycles. The van der Waals surface area contributed by atoms with Crippen LogP contribution in [0.25, 0.3) is 0 Å². The predicted octanol–water partition coefficient (Wildman–Crippen LogP) is 6.21. The molecule has 1 rings (SSSR count). The average molecular weight is 452 g/mol. The van der Waals surface area contributed by atoms with Crippen molar-refractivity contribution in [2.45, 2.75) is 53.9 Å². The number of hydrogen-bond acceptors (Lipinski definition) is 0. The van der Waals surface area contributed by atoms with Gasteiger partial charge in [0, 0.05) is 20.1 Å². The van der Waals surface area contributed by atoms with Gasteiger partial charge in [-0.15, -0.1) is 6.58 Å². The van der Waals surface area contributed by atoms with Gasteiger partial charge in [0.15, 0.2) is 0 Å². The Labute approximate surface area is 141 Å². The van der Waals surface area contributed by atoms with E-state index in [4.69, 9.17) is 0 Å². The Bertz CT molecular complexity index is 334. The van der Waals surface area contributed by atoms with Gasteiger partial charge in [0.25, 0.3) is 0 Å². The molecule has 0 fully saturated rings. The Hall–Kier alpha value is -0.521. The summed E-state index contributed by atoms with van der Waals surface area (Å²) in [5.41, 5.74) is 5.75. The van der Waals surface area contributed by atoms with E-state index in [0.29, 0.717) is 0 Å². The largest absolute Gasteiger partial charge is 0.343 e. The van der Waals surface area contributed by atoms with Crippen LogP contribution in [-0.4, -0.2) is 0 Å². The molecule has 1 aromatic carbocycles. The minimum Gasteiger partial charge on any atom is -0.343 e.